The molecule has 1 heterocycles. The number of hydrogen-bond acceptors (Lipinski definition) is 1. The minimum Gasteiger partial charge on any atom is -0.477 e. The third kappa shape index (κ3) is 2.24. The van der Waals surface area contributed by atoms with Gasteiger partial charge in [-0.1, -0.05) is 24.3 Å². The van der Waals surface area contributed by atoms with E-state index >= 15 is 0 Å². The number of para-hydroxylation sites is 1. The summed E-state index contributed by atoms with van der Waals surface area (Å²) in [6.07, 6.45) is 0. The van der Waals surface area contributed by atoms with E-state index in [0.29, 0.717) is 16.5 Å². The fourth-order valence-corrected chi connectivity index (χ4v) is 2.79. The molecule has 3 aromatic rings. The van der Waals surface area contributed by atoms with Crippen LogP contribution in [-0.4, -0.2) is 15.6 Å². The molecule has 1 N–H and O–H groups in total. The van der Waals surface area contributed by atoms with Gasteiger partial charge in [-0.2, -0.15) is 0 Å². The van der Waals surface area contributed by atoms with Gasteiger partial charge in [0.2, 0.25) is 0 Å². The Kier molecular flexibility index (Phi) is 3.41. The van der Waals surface area contributed by atoms with Crippen LogP contribution in [0.15, 0.2) is 42.5 Å². The number of aryl methyl sites for hydroxylation is 1. The van der Waals surface area contributed by atoms with Crippen LogP contribution in [0.25, 0.3) is 10.9 Å². The minimum absolute atomic E-state index is 0.0179. The van der Waals surface area contributed by atoms with Crippen LogP contribution in [0.2, 0.25) is 0 Å². The highest BCUT2D eigenvalue weighted by Gasteiger charge is 2.21. The van der Waals surface area contributed by atoms with Gasteiger partial charge in [0.15, 0.2) is 0 Å². The van der Waals surface area contributed by atoms with E-state index in [2.05, 4.69) is 0 Å². The van der Waals surface area contributed by atoms with E-state index in [1.807, 2.05) is 0 Å². The smallest absolute Gasteiger partial charge is 0.352 e. The Morgan fingerprint density at radius 1 is 1.18 bits per heavy atom. The van der Waals surface area contributed by atoms with Gasteiger partial charge in [0.05, 0.1) is 5.52 Å². The van der Waals surface area contributed by atoms with E-state index in [4.69, 9.17) is 0 Å². The Balaban J connectivity index is 2.27. The van der Waals surface area contributed by atoms with Gasteiger partial charge >= 0.3 is 5.97 Å². The van der Waals surface area contributed by atoms with Crippen LogP contribution < -0.4 is 0 Å². The van der Waals surface area contributed by atoms with Crippen molar-refractivity contribution in [3.63, 3.8) is 0 Å². The van der Waals surface area contributed by atoms with Crippen molar-refractivity contribution in [3.8, 4) is 0 Å². The average Bonchev–Trinajstić information content (AvgIpc) is 2.73. The lowest BCUT2D eigenvalue weighted by molar-refractivity contribution is 0.0685. The lowest BCUT2D eigenvalue weighted by atomic mass is 10.1. The van der Waals surface area contributed by atoms with Crippen molar-refractivity contribution in [1.29, 1.82) is 0 Å². The summed E-state index contributed by atoms with van der Waals surface area (Å²) in [4.78, 5) is 11.6. The molecule has 0 amide bonds. The molecule has 5 heteroatoms. The second-order valence-electron chi connectivity index (χ2n) is 5.13. The van der Waals surface area contributed by atoms with Crippen LogP contribution >= 0.6 is 0 Å². The van der Waals surface area contributed by atoms with Crippen LogP contribution in [0, 0.1) is 18.6 Å². The summed E-state index contributed by atoms with van der Waals surface area (Å²) in [5.74, 6) is -2.04. The molecular weight excluding hydrogens is 288 g/mol. The number of carboxylic acid groups (broad SMARTS) is 1. The molecular formula is C17H13F2NO2. The first-order chi connectivity index (χ1) is 10.5. The molecule has 0 bridgehead atoms. The summed E-state index contributed by atoms with van der Waals surface area (Å²) in [6.45, 7) is 1.73. The molecule has 0 radical (unpaired) electrons. The van der Waals surface area contributed by atoms with E-state index in [-0.39, 0.29) is 17.8 Å². The highest BCUT2D eigenvalue weighted by molar-refractivity contribution is 5.98. The molecule has 0 atom stereocenters. The molecule has 0 unspecified atom stereocenters. The first-order valence-electron chi connectivity index (χ1n) is 6.74. The summed E-state index contributed by atoms with van der Waals surface area (Å²) in [6, 6.07) is 10.4. The van der Waals surface area contributed by atoms with Crippen molar-refractivity contribution in [2.75, 3.05) is 0 Å². The zero-order chi connectivity index (χ0) is 15.9. The minimum atomic E-state index is -1.13. The lowest BCUT2D eigenvalue weighted by Gasteiger charge is -2.09. The second kappa shape index (κ2) is 5.26. The van der Waals surface area contributed by atoms with Gasteiger partial charge in [0.25, 0.3) is 0 Å². The predicted molar refractivity (Wildman–Crippen MR) is 79.1 cm³/mol. The quantitative estimate of drug-likeness (QED) is 0.795. The van der Waals surface area contributed by atoms with Crippen molar-refractivity contribution in [2.45, 2.75) is 13.5 Å². The van der Waals surface area contributed by atoms with Gasteiger partial charge in [-0.3, -0.25) is 0 Å². The molecule has 0 aliphatic heterocycles. The molecule has 112 valence electrons. The number of aromatic carboxylic acids is 1. The van der Waals surface area contributed by atoms with Gasteiger partial charge in [-0.15, -0.1) is 0 Å². The Morgan fingerprint density at radius 3 is 2.59 bits per heavy atom. The van der Waals surface area contributed by atoms with Gasteiger partial charge in [-0.25, -0.2) is 13.6 Å². The fraction of sp³-hybridized carbons (Fsp3) is 0.118. The van der Waals surface area contributed by atoms with Gasteiger partial charge in [-0.05, 0) is 36.2 Å². The summed E-state index contributed by atoms with van der Waals surface area (Å²) in [7, 11) is 0. The Labute approximate surface area is 125 Å². The van der Waals surface area contributed by atoms with Crippen LogP contribution in [0.1, 0.15) is 21.6 Å². The van der Waals surface area contributed by atoms with Gasteiger partial charge in [0, 0.05) is 11.9 Å². The number of hydrogen-bond donors (Lipinski definition) is 1. The van der Waals surface area contributed by atoms with Crippen molar-refractivity contribution < 1.29 is 18.7 Å². The topological polar surface area (TPSA) is 42.2 Å². The molecule has 0 aliphatic rings. The molecule has 0 aliphatic carbocycles. The first-order valence-corrected chi connectivity index (χ1v) is 6.74. The number of nitrogens with zero attached hydrogens (tertiary/aromatic N) is 1. The average molecular weight is 301 g/mol. The van der Waals surface area contributed by atoms with Crippen molar-refractivity contribution in [1.82, 2.24) is 4.57 Å². The van der Waals surface area contributed by atoms with Crippen molar-refractivity contribution in [3.05, 3.63) is 70.9 Å². The summed E-state index contributed by atoms with van der Waals surface area (Å²) in [5, 5.41) is 10.0. The maximum atomic E-state index is 14.2. The highest BCUT2D eigenvalue weighted by Crippen LogP contribution is 2.28. The summed E-state index contributed by atoms with van der Waals surface area (Å²) >= 11 is 0. The third-order valence-electron chi connectivity index (χ3n) is 3.72. The van der Waals surface area contributed by atoms with Crippen LogP contribution in [-0.2, 0) is 6.54 Å². The number of halogens is 2. The van der Waals surface area contributed by atoms with Crippen molar-refractivity contribution >= 4 is 16.9 Å². The zero-order valence-corrected chi connectivity index (χ0v) is 11.8. The van der Waals surface area contributed by atoms with Crippen LogP contribution in [0.4, 0.5) is 8.78 Å². The number of rotatable bonds is 3. The lowest BCUT2D eigenvalue weighted by Crippen LogP contribution is -2.11. The monoisotopic (exact) mass is 301 g/mol. The molecule has 0 saturated carbocycles. The summed E-state index contributed by atoms with van der Waals surface area (Å²) < 4.78 is 28.9. The normalized spacial score (nSPS) is 11.0. The maximum Gasteiger partial charge on any atom is 0.352 e. The molecule has 1 aromatic heterocycles. The van der Waals surface area contributed by atoms with E-state index in [9.17, 15) is 18.7 Å². The molecule has 2 aromatic carbocycles. The molecule has 3 rings (SSSR count). The van der Waals surface area contributed by atoms with E-state index in [0.717, 1.165) is 0 Å². The van der Waals surface area contributed by atoms with Crippen LogP contribution in [0.5, 0.6) is 0 Å². The molecule has 0 saturated heterocycles. The van der Waals surface area contributed by atoms with Crippen LogP contribution in [0.3, 0.4) is 0 Å². The number of carbonyl (C=O) groups is 1. The molecule has 0 fully saturated rings. The Hall–Kier alpha value is -2.69. The fourth-order valence-electron chi connectivity index (χ4n) is 2.79. The van der Waals surface area contributed by atoms with Gasteiger partial charge in [0.1, 0.15) is 17.3 Å². The number of aromatic nitrogens is 1. The molecule has 3 nitrogen and oxygen atoms in total. The molecule has 22 heavy (non-hydrogen) atoms. The SMILES string of the molecule is Cc1c(C(=O)O)n(Cc2cccc(F)c2)c2c(F)cccc12. The molecule has 0 spiro atoms. The van der Waals surface area contributed by atoms with Crippen molar-refractivity contribution in [2.24, 2.45) is 0 Å². The van der Waals surface area contributed by atoms with E-state index < -0.39 is 17.6 Å². The zero-order valence-electron chi connectivity index (χ0n) is 11.8. The number of benzene rings is 2. The Bertz CT molecular complexity index is 884. The van der Waals surface area contributed by atoms with E-state index in [1.165, 1.54) is 22.8 Å². The number of fused-ring (bicyclic) bond motifs is 1. The number of carboxylic acids is 1. The van der Waals surface area contributed by atoms with Gasteiger partial charge < -0.3 is 9.67 Å². The summed E-state index contributed by atoms with van der Waals surface area (Å²) in [5.41, 5.74) is 1.31. The standard InChI is InChI=1S/C17H13F2NO2/c1-10-13-6-3-7-14(19)16(13)20(15(10)17(21)22)9-11-4-2-5-12(18)8-11/h2-8H,9H2,1H3,(H,21,22). The largest absolute Gasteiger partial charge is 0.477 e. The Morgan fingerprint density at radius 2 is 1.91 bits per heavy atom. The third-order valence-corrected chi connectivity index (χ3v) is 3.72. The van der Waals surface area contributed by atoms with E-state index in [1.54, 1.807) is 31.2 Å². The first kappa shape index (κ1) is 14.3. The maximum absolute atomic E-state index is 14.2. The second-order valence-corrected chi connectivity index (χ2v) is 5.13. The predicted octanol–water partition coefficient (Wildman–Crippen LogP) is 3.97. The highest BCUT2D eigenvalue weighted by atomic mass is 19.1.